The molecule has 1 rings (SSSR count). The van der Waals surface area contributed by atoms with E-state index in [4.69, 9.17) is 4.74 Å². The standard InChI is InChI=1S/C12H15BrO3.Na/c1-12(2,3)9-6-8(13)4-5-10(9)16-7-11(14)15;/h4-6H,7H2,1-3H3,(H,14,15);/q;+1/p-1. The maximum atomic E-state index is 10.4. The molecule has 0 bridgehead atoms. The Bertz CT molecular complexity index is 399. The summed E-state index contributed by atoms with van der Waals surface area (Å²) in [7, 11) is 0. The molecule has 0 spiro atoms. The number of halogens is 1. The van der Waals surface area contributed by atoms with Gasteiger partial charge in [-0.2, -0.15) is 0 Å². The number of aliphatic carboxylic acids is 1. The van der Waals surface area contributed by atoms with Crippen LogP contribution in [0.15, 0.2) is 22.7 Å². The molecule has 0 saturated carbocycles. The second kappa shape index (κ2) is 6.78. The molecule has 0 N–H and O–H groups in total. The maximum absolute atomic E-state index is 10.4. The zero-order valence-corrected chi connectivity index (χ0v) is 14.1. The predicted molar refractivity (Wildman–Crippen MR) is 63.3 cm³/mol. The average molecular weight is 309 g/mol. The van der Waals surface area contributed by atoms with Gasteiger partial charge >= 0.3 is 29.6 Å². The molecule has 1 aromatic rings. The first kappa shape index (κ1) is 17.0. The molecule has 0 heterocycles. The van der Waals surface area contributed by atoms with Crippen LogP contribution in [0.4, 0.5) is 0 Å². The molecule has 0 amide bonds. The molecule has 0 unspecified atom stereocenters. The number of carbonyl (C=O) groups excluding carboxylic acids is 1. The number of ether oxygens (including phenoxy) is 1. The molecule has 1 aromatic carbocycles. The minimum atomic E-state index is -1.22. The van der Waals surface area contributed by atoms with Gasteiger partial charge in [-0.25, -0.2) is 0 Å². The monoisotopic (exact) mass is 308 g/mol. The fourth-order valence-corrected chi connectivity index (χ4v) is 1.71. The molecule has 88 valence electrons. The SMILES string of the molecule is CC(C)(C)c1cc(Br)ccc1OCC(=O)[O-].[Na+]. The summed E-state index contributed by atoms with van der Waals surface area (Å²) in [6, 6.07) is 5.51. The molecule has 0 radical (unpaired) electrons. The number of carboxylic acids is 1. The van der Waals surface area contributed by atoms with Crippen molar-refractivity contribution in [2.24, 2.45) is 0 Å². The van der Waals surface area contributed by atoms with Gasteiger partial charge in [-0.05, 0) is 23.6 Å². The molecule has 0 saturated heterocycles. The topological polar surface area (TPSA) is 49.4 Å². The van der Waals surface area contributed by atoms with Gasteiger partial charge < -0.3 is 14.6 Å². The minimum absolute atomic E-state index is 0. The first-order chi connectivity index (χ1) is 7.30. The second-order valence-electron chi connectivity index (χ2n) is 4.55. The summed E-state index contributed by atoms with van der Waals surface area (Å²) in [5, 5.41) is 10.4. The average Bonchev–Trinajstić information content (AvgIpc) is 2.14. The Hall–Kier alpha value is -0.0300. The third kappa shape index (κ3) is 5.42. The van der Waals surface area contributed by atoms with Gasteiger partial charge in [0.2, 0.25) is 0 Å². The largest absolute Gasteiger partial charge is 1.00 e. The summed E-state index contributed by atoms with van der Waals surface area (Å²) in [4.78, 5) is 10.4. The molecule has 0 atom stereocenters. The van der Waals surface area contributed by atoms with Crippen molar-refractivity contribution in [3.8, 4) is 5.75 Å². The third-order valence-corrected chi connectivity index (χ3v) is 2.59. The molecular formula is C12H14BrNaO3. The van der Waals surface area contributed by atoms with Crippen molar-refractivity contribution in [2.75, 3.05) is 6.61 Å². The van der Waals surface area contributed by atoms with E-state index in [2.05, 4.69) is 15.9 Å². The molecule has 0 fully saturated rings. The molecule has 17 heavy (non-hydrogen) atoms. The van der Waals surface area contributed by atoms with E-state index >= 15 is 0 Å². The molecule has 0 aliphatic rings. The van der Waals surface area contributed by atoms with Crippen LogP contribution >= 0.6 is 15.9 Å². The fraction of sp³-hybridized carbons (Fsp3) is 0.417. The van der Waals surface area contributed by atoms with E-state index < -0.39 is 12.6 Å². The van der Waals surface area contributed by atoms with Gasteiger partial charge in [0.25, 0.3) is 0 Å². The zero-order valence-electron chi connectivity index (χ0n) is 10.5. The molecule has 0 aliphatic carbocycles. The smallest absolute Gasteiger partial charge is 0.546 e. The van der Waals surface area contributed by atoms with E-state index in [-0.39, 0.29) is 35.0 Å². The van der Waals surface area contributed by atoms with Crippen LogP contribution in [-0.4, -0.2) is 12.6 Å². The Kier molecular flexibility index (Phi) is 6.77. The van der Waals surface area contributed by atoms with Crippen LogP contribution in [0.5, 0.6) is 5.75 Å². The van der Waals surface area contributed by atoms with Crippen molar-refractivity contribution in [1.29, 1.82) is 0 Å². The van der Waals surface area contributed by atoms with Crippen molar-refractivity contribution in [2.45, 2.75) is 26.2 Å². The van der Waals surface area contributed by atoms with Gasteiger partial charge in [-0.15, -0.1) is 0 Å². The van der Waals surface area contributed by atoms with E-state index in [1.165, 1.54) is 0 Å². The Morgan fingerprint density at radius 3 is 2.47 bits per heavy atom. The summed E-state index contributed by atoms with van der Waals surface area (Å²) in [5.41, 5.74) is 0.855. The van der Waals surface area contributed by atoms with Gasteiger partial charge in [-0.3, -0.25) is 0 Å². The van der Waals surface area contributed by atoms with Gasteiger partial charge in [0.05, 0.1) is 5.97 Å². The van der Waals surface area contributed by atoms with Crippen LogP contribution in [0.2, 0.25) is 0 Å². The summed E-state index contributed by atoms with van der Waals surface area (Å²) < 4.78 is 6.14. The third-order valence-electron chi connectivity index (χ3n) is 2.10. The van der Waals surface area contributed by atoms with Gasteiger partial charge in [0.1, 0.15) is 12.4 Å². The van der Waals surface area contributed by atoms with Crippen molar-refractivity contribution < 1.29 is 44.2 Å². The number of hydrogen-bond acceptors (Lipinski definition) is 3. The van der Waals surface area contributed by atoms with Crippen LogP contribution in [0, 0.1) is 0 Å². The van der Waals surface area contributed by atoms with Crippen LogP contribution in [0.25, 0.3) is 0 Å². The number of rotatable bonds is 3. The Labute approximate surface area is 132 Å². The molecule has 0 aromatic heterocycles. The van der Waals surface area contributed by atoms with Crippen molar-refractivity contribution in [1.82, 2.24) is 0 Å². The van der Waals surface area contributed by atoms with Crippen molar-refractivity contribution in [3.63, 3.8) is 0 Å². The second-order valence-corrected chi connectivity index (χ2v) is 5.47. The van der Waals surface area contributed by atoms with Crippen LogP contribution in [0.1, 0.15) is 26.3 Å². The quantitative estimate of drug-likeness (QED) is 0.665. The van der Waals surface area contributed by atoms with E-state index in [1.54, 1.807) is 6.07 Å². The van der Waals surface area contributed by atoms with Gasteiger partial charge in [0.15, 0.2) is 0 Å². The fourth-order valence-electron chi connectivity index (χ4n) is 1.35. The van der Waals surface area contributed by atoms with E-state index in [1.807, 2.05) is 32.9 Å². The Morgan fingerprint density at radius 1 is 1.41 bits per heavy atom. The van der Waals surface area contributed by atoms with Crippen molar-refractivity contribution >= 4 is 21.9 Å². The van der Waals surface area contributed by atoms with Crippen LogP contribution < -0.4 is 39.4 Å². The van der Waals surface area contributed by atoms with Crippen LogP contribution in [-0.2, 0) is 10.2 Å². The number of carbonyl (C=O) groups is 1. The maximum Gasteiger partial charge on any atom is 1.00 e. The van der Waals surface area contributed by atoms with Crippen molar-refractivity contribution in [3.05, 3.63) is 28.2 Å². The number of hydrogen-bond donors (Lipinski definition) is 0. The zero-order chi connectivity index (χ0) is 12.3. The minimum Gasteiger partial charge on any atom is -0.546 e. The molecule has 5 heteroatoms. The van der Waals surface area contributed by atoms with Gasteiger partial charge in [0, 0.05) is 10.0 Å². The van der Waals surface area contributed by atoms with E-state index in [0.29, 0.717) is 5.75 Å². The first-order valence-corrected chi connectivity index (χ1v) is 5.72. The van der Waals surface area contributed by atoms with E-state index in [9.17, 15) is 9.90 Å². The van der Waals surface area contributed by atoms with Crippen LogP contribution in [0.3, 0.4) is 0 Å². The summed E-state index contributed by atoms with van der Waals surface area (Å²) in [6.45, 7) is 5.70. The number of carboxylic acid groups (broad SMARTS) is 1. The summed E-state index contributed by atoms with van der Waals surface area (Å²) >= 11 is 3.38. The number of benzene rings is 1. The first-order valence-electron chi connectivity index (χ1n) is 4.93. The molecular weight excluding hydrogens is 295 g/mol. The Morgan fingerprint density at radius 2 is 2.00 bits per heavy atom. The van der Waals surface area contributed by atoms with E-state index in [0.717, 1.165) is 10.0 Å². The Balaban J connectivity index is 0.00000256. The van der Waals surface area contributed by atoms with Gasteiger partial charge in [-0.1, -0.05) is 36.7 Å². The summed E-state index contributed by atoms with van der Waals surface area (Å²) in [5.74, 6) is -0.636. The molecule has 3 nitrogen and oxygen atoms in total. The summed E-state index contributed by atoms with van der Waals surface area (Å²) in [6.07, 6.45) is 0. The molecule has 0 aliphatic heterocycles. The normalized spacial score (nSPS) is 10.6. The predicted octanol–water partition coefficient (Wildman–Crippen LogP) is -1.12.